The predicted octanol–water partition coefficient (Wildman–Crippen LogP) is 5.11. The van der Waals surface area contributed by atoms with Gasteiger partial charge in [0.05, 0.1) is 11.8 Å². The summed E-state index contributed by atoms with van der Waals surface area (Å²) in [4.78, 5) is 2.09. The van der Waals surface area contributed by atoms with E-state index in [0.717, 1.165) is 53.7 Å². The second-order valence-corrected chi connectivity index (χ2v) is 9.52. The Kier molecular flexibility index (Phi) is 6.77. The molecule has 0 aromatic heterocycles. The molecule has 34 heavy (non-hydrogen) atoms. The van der Waals surface area contributed by atoms with Crippen molar-refractivity contribution in [3.05, 3.63) is 66.0 Å². The van der Waals surface area contributed by atoms with Crippen LogP contribution in [0.5, 0.6) is 0 Å². The molecular formula is C27H31N2O4S+. The molecule has 0 radical (unpaired) electrons. The number of nitrogens with zero attached hydrogens (tertiary/aromatic N) is 2. The molecule has 1 N–H and O–H groups in total. The average Bonchev–Trinajstić information content (AvgIpc) is 2.83. The van der Waals surface area contributed by atoms with E-state index in [-0.39, 0.29) is 4.90 Å². The Balaban J connectivity index is 2.23. The lowest BCUT2D eigenvalue weighted by Crippen LogP contribution is -2.29. The van der Waals surface area contributed by atoms with Gasteiger partial charge in [-0.25, -0.2) is 4.58 Å². The van der Waals surface area contributed by atoms with E-state index in [1.807, 2.05) is 36.4 Å². The van der Waals surface area contributed by atoms with Crippen molar-refractivity contribution in [1.29, 1.82) is 0 Å². The van der Waals surface area contributed by atoms with Crippen molar-refractivity contribution in [1.82, 2.24) is 4.58 Å². The highest BCUT2D eigenvalue weighted by atomic mass is 32.2. The highest BCUT2D eigenvalue weighted by Gasteiger charge is 2.25. The fraction of sp³-hybridized carbons (Fsp3) is 0.296. The van der Waals surface area contributed by atoms with Crippen LogP contribution in [0.4, 0.5) is 5.69 Å². The average molecular weight is 480 g/mol. The standard InChI is InChI=1S/C27H30N2O4S/c1-5-28(6-2)19-16-17-20-24(18-19)33-27-22(13-11-14-23(27)29(7-3)8-4)26(20)21-12-9-10-15-25(21)34(30,31)32/h9-18H,5-8H2,1-4H3/p+1. The molecule has 1 aliphatic carbocycles. The Hall–Kier alpha value is -3.16. The number of hydrogen-bond acceptors (Lipinski definition) is 4. The zero-order chi connectivity index (χ0) is 24.5. The van der Waals surface area contributed by atoms with Crippen LogP contribution in [-0.2, 0) is 10.1 Å². The zero-order valence-corrected chi connectivity index (χ0v) is 20.9. The minimum Gasteiger partial charge on any atom is -0.454 e. The number of hydrogen-bond donors (Lipinski definition) is 1. The van der Waals surface area contributed by atoms with Gasteiger partial charge in [0, 0.05) is 41.2 Å². The minimum atomic E-state index is -4.43. The van der Waals surface area contributed by atoms with Crippen LogP contribution >= 0.6 is 0 Å². The summed E-state index contributed by atoms with van der Waals surface area (Å²) < 4.78 is 43.4. The van der Waals surface area contributed by atoms with Gasteiger partial charge in [-0.3, -0.25) is 4.55 Å². The second kappa shape index (κ2) is 9.60. The third-order valence-electron chi connectivity index (χ3n) is 6.38. The molecule has 0 spiro atoms. The summed E-state index contributed by atoms with van der Waals surface area (Å²) in [6.07, 6.45) is 0. The number of para-hydroxylation sites is 1. The lowest BCUT2D eigenvalue weighted by atomic mass is 9.93. The van der Waals surface area contributed by atoms with Crippen molar-refractivity contribution in [2.45, 2.75) is 32.6 Å². The molecule has 2 aliphatic rings. The van der Waals surface area contributed by atoms with Crippen LogP contribution in [0, 0.1) is 0 Å². The third kappa shape index (κ3) is 4.21. The molecule has 0 saturated heterocycles. The van der Waals surface area contributed by atoms with Gasteiger partial charge < -0.3 is 9.32 Å². The highest BCUT2D eigenvalue weighted by Crippen LogP contribution is 2.44. The van der Waals surface area contributed by atoms with Crippen LogP contribution < -0.4 is 14.8 Å². The first-order valence-corrected chi connectivity index (χ1v) is 13.2. The molecule has 0 amide bonds. The Labute approximate surface area is 200 Å². The van der Waals surface area contributed by atoms with Gasteiger partial charge in [-0.15, -0.1) is 0 Å². The number of fused-ring (bicyclic) bond motifs is 2. The molecule has 4 rings (SSSR count). The van der Waals surface area contributed by atoms with Crippen molar-refractivity contribution in [3.63, 3.8) is 0 Å². The van der Waals surface area contributed by atoms with Gasteiger partial charge >= 0.3 is 0 Å². The molecule has 2 aromatic rings. The summed E-state index contributed by atoms with van der Waals surface area (Å²) in [7, 11) is -4.43. The van der Waals surface area contributed by atoms with E-state index in [4.69, 9.17) is 4.42 Å². The highest BCUT2D eigenvalue weighted by molar-refractivity contribution is 7.86. The maximum absolute atomic E-state index is 12.3. The first-order chi connectivity index (χ1) is 16.3. The summed E-state index contributed by atoms with van der Waals surface area (Å²) in [6.45, 7) is 11.7. The lowest BCUT2D eigenvalue weighted by Gasteiger charge is -2.24. The smallest absolute Gasteiger partial charge is 0.295 e. The van der Waals surface area contributed by atoms with Gasteiger partial charge in [0.1, 0.15) is 23.7 Å². The predicted molar refractivity (Wildman–Crippen MR) is 138 cm³/mol. The number of benzene rings is 3. The first kappa shape index (κ1) is 24.0. The van der Waals surface area contributed by atoms with Crippen LogP contribution in [0.3, 0.4) is 0 Å². The summed E-state index contributed by atoms with van der Waals surface area (Å²) in [5.74, 6) is 0.664. The number of rotatable bonds is 7. The minimum absolute atomic E-state index is 0.120. The molecular weight excluding hydrogens is 448 g/mol. The van der Waals surface area contributed by atoms with E-state index in [2.05, 4.69) is 37.2 Å². The Morgan fingerprint density at radius 2 is 1.59 bits per heavy atom. The van der Waals surface area contributed by atoms with E-state index in [1.54, 1.807) is 18.2 Å². The molecule has 0 atom stereocenters. The van der Waals surface area contributed by atoms with Crippen LogP contribution in [0.2, 0.25) is 0 Å². The Bertz CT molecular complexity index is 1480. The molecule has 0 saturated carbocycles. The van der Waals surface area contributed by atoms with E-state index in [9.17, 15) is 13.0 Å². The Morgan fingerprint density at radius 1 is 0.882 bits per heavy atom. The van der Waals surface area contributed by atoms with Crippen molar-refractivity contribution >= 4 is 26.8 Å². The van der Waals surface area contributed by atoms with Crippen molar-refractivity contribution in [2.24, 2.45) is 0 Å². The van der Waals surface area contributed by atoms with E-state index >= 15 is 0 Å². The molecule has 0 unspecified atom stereocenters. The van der Waals surface area contributed by atoms with Gasteiger partial charge in [-0.05, 0) is 45.9 Å². The zero-order valence-electron chi connectivity index (χ0n) is 20.1. The van der Waals surface area contributed by atoms with Crippen LogP contribution in [-0.4, -0.2) is 39.1 Å². The van der Waals surface area contributed by atoms with Crippen LogP contribution in [0.25, 0.3) is 33.4 Å². The van der Waals surface area contributed by atoms with Crippen molar-refractivity contribution < 1.29 is 17.4 Å². The quantitative estimate of drug-likeness (QED) is 0.227. The SMILES string of the molecule is CCN(CC)c1cccc2c(-c3ccccc3S(=O)(=O)O)c3ccc(=[N+](CC)CC)cc-3oc12. The largest absolute Gasteiger partial charge is 0.454 e. The summed E-state index contributed by atoms with van der Waals surface area (Å²) in [5.41, 5.74) is 3.60. The molecule has 0 fully saturated rings. The van der Waals surface area contributed by atoms with Gasteiger partial charge in [0.15, 0.2) is 5.58 Å². The fourth-order valence-electron chi connectivity index (χ4n) is 4.67. The summed E-state index contributed by atoms with van der Waals surface area (Å²) in [6, 6.07) is 18.5. The normalized spacial score (nSPS) is 11.8. The molecule has 178 valence electrons. The lowest BCUT2D eigenvalue weighted by molar-refractivity contribution is 0.483. The van der Waals surface area contributed by atoms with Crippen molar-refractivity contribution in [2.75, 3.05) is 31.1 Å². The number of anilines is 1. The molecule has 1 aliphatic heterocycles. The molecule has 7 heteroatoms. The molecule has 1 heterocycles. The van der Waals surface area contributed by atoms with Gasteiger partial charge in [0.25, 0.3) is 10.1 Å². The second-order valence-electron chi connectivity index (χ2n) is 8.13. The maximum atomic E-state index is 12.3. The van der Waals surface area contributed by atoms with Crippen LogP contribution in [0.15, 0.2) is 70.0 Å². The van der Waals surface area contributed by atoms with Crippen LogP contribution in [0.1, 0.15) is 27.7 Å². The van der Waals surface area contributed by atoms with Gasteiger partial charge in [-0.2, -0.15) is 8.42 Å². The van der Waals surface area contributed by atoms with E-state index in [0.29, 0.717) is 16.9 Å². The Morgan fingerprint density at radius 3 is 2.24 bits per heavy atom. The fourth-order valence-corrected chi connectivity index (χ4v) is 5.37. The molecule has 0 bridgehead atoms. The topological polar surface area (TPSA) is 73.8 Å². The van der Waals surface area contributed by atoms with Gasteiger partial charge in [0.2, 0.25) is 5.36 Å². The molecule has 6 nitrogen and oxygen atoms in total. The molecule has 2 aromatic carbocycles. The van der Waals surface area contributed by atoms with Crippen molar-refractivity contribution in [3.8, 4) is 22.5 Å². The first-order valence-electron chi connectivity index (χ1n) is 11.7. The maximum Gasteiger partial charge on any atom is 0.295 e. The van der Waals surface area contributed by atoms with E-state index in [1.165, 1.54) is 6.07 Å². The summed E-state index contributed by atoms with van der Waals surface area (Å²) in [5, 5.41) is 1.83. The summed E-state index contributed by atoms with van der Waals surface area (Å²) >= 11 is 0. The van der Waals surface area contributed by atoms with Gasteiger partial charge in [-0.1, -0.05) is 30.3 Å². The van der Waals surface area contributed by atoms with E-state index < -0.39 is 10.1 Å². The third-order valence-corrected chi connectivity index (χ3v) is 7.29. The monoisotopic (exact) mass is 479 g/mol.